The van der Waals surface area contributed by atoms with E-state index in [1.54, 1.807) is 0 Å². The van der Waals surface area contributed by atoms with Gasteiger partial charge < -0.3 is 5.11 Å². The summed E-state index contributed by atoms with van der Waals surface area (Å²) in [6.45, 7) is 0.0542. The molecule has 0 saturated carbocycles. The molecule has 2 aromatic carbocycles. The minimum Gasteiger partial charge on any atom is -0.392 e. The van der Waals surface area contributed by atoms with E-state index in [0.29, 0.717) is 0 Å². The third-order valence-corrected chi connectivity index (χ3v) is 3.06. The molecule has 0 aliphatic carbocycles. The van der Waals surface area contributed by atoms with Crippen molar-refractivity contribution in [3.8, 4) is 11.3 Å². The maximum atomic E-state index is 9.20. The molecule has 0 atom stereocenters. The molecule has 1 N–H and O–H groups in total. The van der Waals surface area contributed by atoms with E-state index in [1.807, 2.05) is 48.7 Å². The van der Waals surface area contributed by atoms with Gasteiger partial charge in [0, 0.05) is 17.1 Å². The third-order valence-electron chi connectivity index (χ3n) is 3.06. The Morgan fingerprint density at radius 3 is 2.72 bits per heavy atom. The second-order valence-corrected chi connectivity index (χ2v) is 4.24. The maximum absolute atomic E-state index is 9.20. The highest BCUT2D eigenvalue weighted by molar-refractivity contribution is 5.94. The van der Waals surface area contributed by atoms with Gasteiger partial charge >= 0.3 is 0 Å². The lowest BCUT2D eigenvalue weighted by molar-refractivity contribution is 0.282. The minimum absolute atomic E-state index is 0.0542. The van der Waals surface area contributed by atoms with Crippen molar-refractivity contribution in [2.45, 2.75) is 6.61 Å². The summed E-state index contributed by atoms with van der Waals surface area (Å²) in [5.41, 5.74) is 2.91. The van der Waals surface area contributed by atoms with Crippen LogP contribution in [0.5, 0.6) is 0 Å². The molecule has 0 aliphatic heterocycles. The molecule has 0 unspecified atom stereocenters. The summed E-state index contributed by atoms with van der Waals surface area (Å²) in [6.07, 6.45) is 1.82. The van der Waals surface area contributed by atoms with E-state index in [-0.39, 0.29) is 6.61 Å². The highest BCUT2D eigenvalue weighted by Crippen LogP contribution is 2.26. The van der Waals surface area contributed by atoms with Gasteiger partial charge in [0.25, 0.3) is 0 Å². The van der Waals surface area contributed by atoms with Crippen LogP contribution in [0.1, 0.15) is 5.56 Å². The topological polar surface area (TPSA) is 33.1 Å². The zero-order chi connectivity index (χ0) is 12.4. The highest BCUT2D eigenvalue weighted by atomic mass is 16.3. The molecule has 0 spiro atoms. The van der Waals surface area contributed by atoms with E-state index < -0.39 is 0 Å². The van der Waals surface area contributed by atoms with E-state index in [2.05, 4.69) is 17.1 Å². The molecule has 88 valence electrons. The Kier molecular flexibility index (Phi) is 2.79. The van der Waals surface area contributed by atoms with Crippen LogP contribution >= 0.6 is 0 Å². The first kappa shape index (κ1) is 10.9. The first-order valence-electron chi connectivity index (χ1n) is 5.92. The normalized spacial score (nSPS) is 10.7. The molecule has 2 heteroatoms. The number of aromatic nitrogens is 1. The first-order valence-corrected chi connectivity index (χ1v) is 5.92. The molecule has 18 heavy (non-hydrogen) atoms. The average Bonchev–Trinajstić information content (AvgIpc) is 2.47. The SMILES string of the molecule is OCc1cccc(-c2nccc3ccccc23)c1. The van der Waals surface area contributed by atoms with Crippen molar-refractivity contribution < 1.29 is 5.11 Å². The predicted molar refractivity (Wildman–Crippen MR) is 73.1 cm³/mol. The molecular formula is C16H13NO. The van der Waals surface area contributed by atoms with E-state index in [1.165, 1.54) is 5.39 Å². The van der Waals surface area contributed by atoms with Gasteiger partial charge in [-0.3, -0.25) is 4.98 Å². The number of benzene rings is 2. The first-order chi connectivity index (χ1) is 8.88. The summed E-state index contributed by atoms with van der Waals surface area (Å²) in [5.74, 6) is 0. The van der Waals surface area contributed by atoms with Crippen molar-refractivity contribution in [2.75, 3.05) is 0 Å². The Morgan fingerprint density at radius 2 is 1.83 bits per heavy atom. The second kappa shape index (κ2) is 4.59. The van der Waals surface area contributed by atoms with Gasteiger partial charge in [-0.05, 0) is 23.1 Å². The van der Waals surface area contributed by atoms with Gasteiger partial charge in [-0.25, -0.2) is 0 Å². The van der Waals surface area contributed by atoms with Crippen molar-refractivity contribution in [1.29, 1.82) is 0 Å². The molecule has 3 rings (SSSR count). The minimum atomic E-state index is 0.0542. The molecule has 1 heterocycles. The van der Waals surface area contributed by atoms with Crippen LogP contribution in [0.2, 0.25) is 0 Å². The Labute approximate surface area is 106 Å². The van der Waals surface area contributed by atoms with Crippen LogP contribution in [-0.4, -0.2) is 10.1 Å². The van der Waals surface area contributed by atoms with E-state index >= 15 is 0 Å². The summed E-state index contributed by atoms with van der Waals surface area (Å²) in [4.78, 5) is 4.47. The fraction of sp³-hybridized carbons (Fsp3) is 0.0625. The van der Waals surface area contributed by atoms with Gasteiger partial charge in [0.1, 0.15) is 0 Å². The van der Waals surface area contributed by atoms with Gasteiger partial charge in [-0.2, -0.15) is 0 Å². The van der Waals surface area contributed by atoms with Crippen molar-refractivity contribution >= 4 is 10.8 Å². The van der Waals surface area contributed by atoms with Crippen molar-refractivity contribution in [3.05, 3.63) is 66.4 Å². The summed E-state index contributed by atoms with van der Waals surface area (Å²) in [5, 5.41) is 11.5. The van der Waals surface area contributed by atoms with Gasteiger partial charge in [-0.15, -0.1) is 0 Å². The lowest BCUT2D eigenvalue weighted by Gasteiger charge is -2.06. The highest BCUT2D eigenvalue weighted by Gasteiger charge is 2.05. The molecule has 0 radical (unpaired) electrons. The maximum Gasteiger partial charge on any atom is 0.0780 e. The van der Waals surface area contributed by atoms with Crippen LogP contribution in [-0.2, 0) is 6.61 Å². The molecule has 0 fully saturated rings. The standard InChI is InChI=1S/C16H13NO/c18-11-12-4-3-6-14(10-12)16-15-7-2-1-5-13(15)8-9-17-16/h1-10,18H,11H2. The molecule has 1 aromatic heterocycles. The van der Waals surface area contributed by atoms with Crippen LogP contribution in [0, 0.1) is 0 Å². The molecule has 0 saturated heterocycles. The molecule has 3 aromatic rings. The summed E-state index contributed by atoms with van der Waals surface area (Å²) in [6, 6.07) is 18.1. The number of pyridine rings is 1. The monoisotopic (exact) mass is 235 g/mol. The van der Waals surface area contributed by atoms with Crippen LogP contribution in [0.4, 0.5) is 0 Å². The van der Waals surface area contributed by atoms with E-state index in [4.69, 9.17) is 0 Å². The van der Waals surface area contributed by atoms with Gasteiger partial charge in [0.05, 0.1) is 12.3 Å². The fourth-order valence-corrected chi connectivity index (χ4v) is 2.17. The third kappa shape index (κ3) is 1.87. The van der Waals surface area contributed by atoms with Crippen LogP contribution < -0.4 is 0 Å². The van der Waals surface area contributed by atoms with Gasteiger partial charge in [0.2, 0.25) is 0 Å². The number of hydrogen-bond acceptors (Lipinski definition) is 2. The smallest absolute Gasteiger partial charge is 0.0780 e. The van der Waals surface area contributed by atoms with Gasteiger partial charge in [-0.1, -0.05) is 42.5 Å². The Hall–Kier alpha value is -2.19. The number of fused-ring (bicyclic) bond motifs is 1. The summed E-state index contributed by atoms with van der Waals surface area (Å²) >= 11 is 0. The molecule has 2 nitrogen and oxygen atoms in total. The van der Waals surface area contributed by atoms with Crippen molar-refractivity contribution in [1.82, 2.24) is 4.98 Å². The molecular weight excluding hydrogens is 222 g/mol. The van der Waals surface area contributed by atoms with Crippen molar-refractivity contribution in [2.24, 2.45) is 0 Å². The number of hydrogen-bond donors (Lipinski definition) is 1. The second-order valence-electron chi connectivity index (χ2n) is 4.24. The Morgan fingerprint density at radius 1 is 0.944 bits per heavy atom. The Bertz CT molecular complexity index is 686. The lowest BCUT2D eigenvalue weighted by Crippen LogP contribution is -1.88. The van der Waals surface area contributed by atoms with E-state index in [0.717, 1.165) is 22.2 Å². The largest absolute Gasteiger partial charge is 0.392 e. The summed E-state index contributed by atoms with van der Waals surface area (Å²) in [7, 11) is 0. The molecule has 0 aliphatic rings. The summed E-state index contributed by atoms with van der Waals surface area (Å²) < 4.78 is 0. The van der Waals surface area contributed by atoms with Crippen LogP contribution in [0.25, 0.3) is 22.0 Å². The molecule has 0 bridgehead atoms. The average molecular weight is 235 g/mol. The quantitative estimate of drug-likeness (QED) is 0.738. The Balaban J connectivity index is 2.24. The van der Waals surface area contributed by atoms with Gasteiger partial charge in [0.15, 0.2) is 0 Å². The molecule has 0 amide bonds. The van der Waals surface area contributed by atoms with Crippen LogP contribution in [0.15, 0.2) is 60.8 Å². The number of aliphatic hydroxyl groups is 1. The number of aliphatic hydroxyl groups excluding tert-OH is 1. The fourth-order valence-electron chi connectivity index (χ4n) is 2.17. The van der Waals surface area contributed by atoms with Crippen molar-refractivity contribution in [3.63, 3.8) is 0 Å². The van der Waals surface area contributed by atoms with E-state index in [9.17, 15) is 5.11 Å². The van der Waals surface area contributed by atoms with Crippen LogP contribution in [0.3, 0.4) is 0 Å². The lowest BCUT2D eigenvalue weighted by atomic mass is 10.0. The predicted octanol–water partition coefficient (Wildman–Crippen LogP) is 3.39. The number of rotatable bonds is 2. The zero-order valence-corrected chi connectivity index (χ0v) is 9.88. The number of nitrogens with zero attached hydrogens (tertiary/aromatic N) is 1. The zero-order valence-electron chi connectivity index (χ0n) is 9.88.